The lowest BCUT2D eigenvalue weighted by atomic mass is 10.1. The van der Waals surface area contributed by atoms with Gasteiger partial charge in [0.25, 0.3) is 0 Å². The van der Waals surface area contributed by atoms with E-state index in [1.807, 2.05) is 0 Å². The number of unbranched alkanes of at least 4 members (excludes halogenated alkanes) is 11. The predicted molar refractivity (Wildman–Crippen MR) is 105 cm³/mol. The maximum absolute atomic E-state index is 5.36. The van der Waals surface area contributed by atoms with E-state index in [0.29, 0.717) is 0 Å². The molecule has 2 heteroatoms. The largest absolute Gasteiger partial charge is 0.382 e. The molecule has 0 aromatic carbocycles. The summed E-state index contributed by atoms with van der Waals surface area (Å²) in [5, 5.41) is 0. The van der Waals surface area contributed by atoms with E-state index in [0.717, 1.165) is 13.2 Å². The maximum atomic E-state index is 5.36. The Kier molecular flexibility index (Phi) is 16.2. The summed E-state index contributed by atoms with van der Waals surface area (Å²) in [5.74, 6) is 0. The fourth-order valence-corrected chi connectivity index (χ4v) is 4.46. The summed E-state index contributed by atoms with van der Waals surface area (Å²) in [4.78, 5) is 0. The van der Waals surface area contributed by atoms with Gasteiger partial charge in [0.1, 0.15) is 0 Å². The summed E-state index contributed by atoms with van der Waals surface area (Å²) in [7, 11) is -0.790. The smallest absolute Gasteiger partial charge is 0.0471 e. The van der Waals surface area contributed by atoms with Gasteiger partial charge in [0.15, 0.2) is 0 Å². The predicted octanol–water partition coefficient (Wildman–Crippen LogP) is 7.43. The van der Waals surface area contributed by atoms with Crippen LogP contribution < -0.4 is 0 Å². The Hall–Kier alpha value is 0.177. The van der Waals surface area contributed by atoms with Crippen LogP contribution in [0.1, 0.15) is 90.9 Å². The summed E-state index contributed by atoms with van der Waals surface area (Å²) < 4.78 is 5.36. The van der Waals surface area contributed by atoms with Crippen LogP contribution >= 0.6 is 0 Å². The van der Waals surface area contributed by atoms with E-state index in [-0.39, 0.29) is 0 Å². The molecular formula is C20H44OSi. The van der Waals surface area contributed by atoms with Crippen LogP contribution in [0.25, 0.3) is 0 Å². The third-order valence-electron chi connectivity index (χ3n) is 5.05. The fraction of sp³-hybridized carbons (Fsp3) is 1.00. The number of hydrogen-bond acceptors (Lipinski definition) is 1. The molecule has 0 bridgehead atoms. The Morgan fingerprint density at radius 1 is 0.591 bits per heavy atom. The quantitative estimate of drug-likeness (QED) is 0.199. The lowest BCUT2D eigenvalue weighted by Crippen LogP contribution is -2.22. The van der Waals surface area contributed by atoms with Gasteiger partial charge >= 0.3 is 0 Å². The van der Waals surface area contributed by atoms with Crippen LogP contribution in [0.4, 0.5) is 0 Å². The van der Waals surface area contributed by atoms with Gasteiger partial charge in [-0.05, 0) is 13.3 Å². The first-order chi connectivity index (χ1) is 10.6. The summed E-state index contributed by atoms with van der Waals surface area (Å²) in [5.41, 5.74) is 0. The van der Waals surface area contributed by atoms with Crippen molar-refractivity contribution in [3.63, 3.8) is 0 Å². The molecule has 0 N–H and O–H groups in total. The SMILES string of the molecule is CCOCCCCCCCCCCCCCC[Si](C)(C)CC. The van der Waals surface area contributed by atoms with Crippen LogP contribution in [0.15, 0.2) is 0 Å². The Labute approximate surface area is 142 Å². The van der Waals surface area contributed by atoms with Gasteiger partial charge < -0.3 is 4.74 Å². The van der Waals surface area contributed by atoms with Crippen molar-refractivity contribution in [3.05, 3.63) is 0 Å². The summed E-state index contributed by atoms with van der Waals surface area (Å²) in [6.07, 6.45) is 17.2. The molecule has 0 rings (SSSR count). The molecule has 0 radical (unpaired) electrons. The number of ether oxygens (including phenoxy) is 1. The van der Waals surface area contributed by atoms with Crippen molar-refractivity contribution in [1.82, 2.24) is 0 Å². The molecule has 0 spiro atoms. The van der Waals surface area contributed by atoms with Crippen LogP contribution in [0.5, 0.6) is 0 Å². The summed E-state index contributed by atoms with van der Waals surface area (Å²) >= 11 is 0. The molecule has 0 saturated carbocycles. The third kappa shape index (κ3) is 16.5. The minimum Gasteiger partial charge on any atom is -0.382 e. The van der Waals surface area contributed by atoms with E-state index < -0.39 is 8.07 Å². The highest BCUT2D eigenvalue weighted by Gasteiger charge is 2.16. The number of hydrogen-bond donors (Lipinski definition) is 0. The van der Waals surface area contributed by atoms with Gasteiger partial charge in [-0.3, -0.25) is 0 Å². The molecule has 134 valence electrons. The van der Waals surface area contributed by atoms with Crippen molar-refractivity contribution in [3.8, 4) is 0 Å². The molecule has 0 heterocycles. The molecule has 0 aliphatic rings. The van der Waals surface area contributed by atoms with Crippen molar-refractivity contribution >= 4 is 8.07 Å². The molecule has 0 amide bonds. The monoisotopic (exact) mass is 328 g/mol. The first kappa shape index (κ1) is 22.2. The Balaban J connectivity index is 3.06. The molecule has 0 unspecified atom stereocenters. The standard InChI is InChI=1S/C20H44OSi/c1-5-21-19-17-15-13-11-9-7-8-10-12-14-16-18-20-22(3,4)6-2/h5-20H2,1-4H3. The van der Waals surface area contributed by atoms with Gasteiger partial charge in [0.05, 0.1) is 0 Å². The molecule has 0 aliphatic carbocycles. The van der Waals surface area contributed by atoms with Gasteiger partial charge in [-0.2, -0.15) is 0 Å². The van der Waals surface area contributed by atoms with E-state index in [2.05, 4.69) is 26.9 Å². The Morgan fingerprint density at radius 3 is 1.41 bits per heavy atom. The number of rotatable bonds is 17. The van der Waals surface area contributed by atoms with Gasteiger partial charge in [-0.15, -0.1) is 0 Å². The van der Waals surface area contributed by atoms with E-state index in [9.17, 15) is 0 Å². The van der Waals surface area contributed by atoms with E-state index in [1.54, 1.807) is 6.04 Å². The normalized spacial score (nSPS) is 12.0. The van der Waals surface area contributed by atoms with Crippen molar-refractivity contribution in [2.45, 2.75) is 116 Å². The minimum absolute atomic E-state index is 0.790. The van der Waals surface area contributed by atoms with Crippen molar-refractivity contribution < 1.29 is 4.74 Å². The Bertz CT molecular complexity index is 216. The fourth-order valence-electron chi connectivity index (χ4n) is 2.90. The minimum atomic E-state index is -0.790. The van der Waals surface area contributed by atoms with Crippen molar-refractivity contribution in [1.29, 1.82) is 0 Å². The lowest BCUT2D eigenvalue weighted by Gasteiger charge is -2.19. The van der Waals surface area contributed by atoms with Crippen molar-refractivity contribution in [2.24, 2.45) is 0 Å². The zero-order chi connectivity index (χ0) is 16.5. The summed E-state index contributed by atoms with van der Waals surface area (Å²) in [6.45, 7) is 11.4. The van der Waals surface area contributed by atoms with Crippen LogP contribution in [-0.2, 0) is 4.74 Å². The van der Waals surface area contributed by atoms with Crippen LogP contribution in [-0.4, -0.2) is 21.3 Å². The molecule has 0 atom stereocenters. The maximum Gasteiger partial charge on any atom is 0.0471 e. The zero-order valence-corrected chi connectivity index (χ0v) is 17.2. The second kappa shape index (κ2) is 16.0. The van der Waals surface area contributed by atoms with Gasteiger partial charge in [0.2, 0.25) is 0 Å². The molecular weight excluding hydrogens is 284 g/mol. The second-order valence-electron chi connectivity index (χ2n) is 7.71. The second-order valence-corrected chi connectivity index (χ2v) is 13.2. The van der Waals surface area contributed by atoms with E-state index >= 15 is 0 Å². The molecule has 0 aliphatic heterocycles. The van der Waals surface area contributed by atoms with Gasteiger partial charge in [0, 0.05) is 21.3 Å². The highest BCUT2D eigenvalue weighted by Crippen LogP contribution is 2.19. The molecule has 0 saturated heterocycles. The van der Waals surface area contributed by atoms with Crippen LogP contribution in [0.3, 0.4) is 0 Å². The molecule has 0 aromatic heterocycles. The van der Waals surface area contributed by atoms with E-state index in [4.69, 9.17) is 4.74 Å². The lowest BCUT2D eigenvalue weighted by molar-refractivity contribution is 0.143. The van der Waals surface area contributed by atoms with Gasteiger partial charge in [-0.1, -0.05) is 103 Å². The molecule has 1 nitrogen and oxygen atoms in total. The average molecular weight is 329 g/mol. The Morgan fingerprint density at radius 2 is 1.00 bits per heavy atom. The molecule has 22 heavy (non-hydrogen) atoms. The first-order valence-corrected chi connectivity index (χ1v) is 13.6. The first-order valence-electron chi connectivity index (χ1n) is 10.2. The third-order valence-corrected chi connectivity index (χ3v) is 8.67. The van der Waals surface area contributed by atoms with E-state index in [1.165, 1.54) is 83.1 Å². The van der Waals surface area contributed by atoms with Crippen LogP contribution in [0, 0.1) is 0 Å². The topological polar surface area (TPSA) is 9.23 Å². The molecule has 0 aromatic rings. The van der Waals surface area contributed by atoms with Gasteiger partial charge in [-0.25, -0.2) is 0 Å². The highest BCUT2D eigenvalue weighted by molar-refractivity contribution is 6.77. The highest BCUT2D eigenvalue weighted by atomic mass is 28.3. The van der Waals surface area contributed by atoms with Crippen LogP contribution in [0.2, 0.25) is 25.2 Å². The molecule has 0 fully saturated rings. The summed E-state index contributed by atoms with van der Waals surface area (Å²) in [6, 6.07) is 3.01. The van der Waals surface area contributed by atoms with Crippen molar-refractivity contribution in [2.75, 3.05) is 13.2 Å². The average Bonchev–Trinajstić information content (AvgIpc) is 2.51. The zero-order valence-electron chi connectivity index (χ0n) is 16.2.